The number of rotatable bonds is 3. The van der Waals surface area contributed by atoms with Gasteiger partial charge in [0.15, 0.2) is 5.76 Å². The van der Waals surface area contributed by atoms with Crippen LogP contribution in [-0.2, 0) is 11.3 Å². The highest BCUT2D eigenvalue weighted by atomic mass is 16.3. The standard InChI is InChI=1S/C19H18N4O4/c24-17(12-23-13-20-15-5-2-1-4-14(15)18(23)25)21-7-9-22(10-8-21)19(26)16-6-3-11-27-16/h1-6,11,13H,7-10,12H2. The van der Waals surface area contributed by atoms with E-state index >= 15 is 0 Å². The van der Waals surface area contributed by atoms with E-state index < -0.39 is 0 Å². The maximum Gasteiger partial charge on any atom is 0.289 e. The molecule has 0 atom stereocenters. The van der Waals surface area contributed by atoms with Crippen molar-refractivity contribution in [2.45, 2.75) is 6.54 Å². The van der Waals surface area contributed by atoms with Crippen molar-refractivity contribution in [3.63, 3.8) is 0 Å². The Labute approximate surface area is 154 Å². The number of amides is 2. The van der Waals surface area contributed by atoms with Crippen LogP contribution in [0, 0.1) is 0 Å². The second kappa shape index (κ2) is 7.06. The number of piperazine rings is 1. The first kappa shape index (κ1) is 17.0. The van der Waals surface area contributed by atoms with Gasteiger partial charge in [0.05, 0.1) is 23.5 Å². The average molecular weight is 366 g/mol. The van der Waals surface area contributed by atoms with E-state index in [0.29, 0.717) is 42.8 Å². The molecule has 0 bridgehead atoms. The Morgan fingerprint density at radius 3 is 2.48 bits per heavy atom. The predicted octanol–water partition coefficient (Wildman–Crippen LogP) is 0.974. The van der Waals surface area contributed by atoms with Crippen LogP contribution in [0.25, 0.3) is 10.9 Å². The zero-order chi connectivity index (χ0) is 18.8. The van der Waals surface area contributed by atoms with Crippen LogP contribution in [0.15, 0.2) is 58.2 Å². The van der Waals surface area contributed by atoms with Crippen molar-refractivity contribution < 1.29 is 14.0 Å². The Hall–Kier alpha value is -3.42. The molecule has 2 amide bonds. The first-order valence-corrected chi connectivity index (χ1v) is 8.68. The molecule has 1 saturated heterocycles. The fourth-order valence-corrected chi connectivity index (χ4v) is 3.18. The van der Waals surface area contributed by atoms with E-state index in [1.807, 2.05) is 6.07 Å². The third-order valence-electron chi connectivity index (χ3n) is 4.69. The monoisotopic (exact) mass is 366 g/mol. The lowest BCUT2D eigenvalue weighted by Gasteiger charge is -2.34. The van der Waals surface area contributed by atoms with Gasteiger partial charge in [-0.05, 0) is 24.3 Å². The van der Waals surface area contributed by atoms with Crippen molar-refractivity contribution in [2.24, 2.45) is 0 Å². The minimum atomic E-state index is -0.236. The van der Waals surface area contributed by atoms with Gasteiger partial charge in [-0.15, -0.1) is 0 Å². The molecule has 3 heterocycles. The van der Waals surface area contributed by atoms with Gasteiger partial charge >= 0.3 is 0 Å². The fourth-order valence-electron chi connectivity index (χ4n) is 3.18. The molecule has 1 aliphatic heterocycles. The summed E-state index contributed by atoms with van der Waals surface area (Å²) in [5, 5.41) is 0.488. The number of carbonyl (C=O) groups excluding carboxylic acids is 2. The quantitative estimate of drug-likeness (QED) is 0.689. The number of aromatic nitrogens is 2. The lowest BCUT2D eigenvalue weighted by Crippen LogP contribution is -2.51. The lowest BCUT2D eigenvalue weighted by atomic mass is 10.2. The third-order valence-corrected chi connectivity index (χ3v) is 4.69. The summed E-state index contributed by atoms with van der Waals surface area (Å²) in [7, 11) is 0. The lowest BCUT2D eigenvalue weighted by molar-refractivity contribution is -0.133. The Kier molecular flexibility index (Phi) is 4.45. The van der Waals surface area contributed by atoms with Crippen LogP contribution in [0.2, 0.25) is 0 Å². The van der Waals surface area contributed by atoms with Crippen molar-refractivity contribution in [1.82, 2.24) is 19.4 Å². The van der Waals surface area contributed by atoms with Gasteiger partial charge in [0.2, 0.25) is 5.91 Å². The second-order valence-electron chi connectivity index (χ2n) is 6.35. The van der Waals surface area contributed by atoms with Gasteiger partial charge in [0.25, 0.3) is 11.5 Å². The molecule has 0 N–H and O–H groups in total. The number of fused-ring (bicyclic) bond motifs is 1. The Morgan fingerprint density at radius 1 is 1.00 bits per heavy atom. The third kappa shape index (κ3) is 3.33. The normalized spacial score (nSPS) is 14.5. The first-order valence-electron chi connectivity index (χ1n) is 8.68. The van der Waals surface area contributed by atoms with Crippen molar-refractivity contribution in [2.75, 3.05) is 26.2 Å². The maximum absolute atomic E-state index is 12.6. The zero-order valence-electron chi connectivity index (χ0n) is 14.6. The minimum absolute atomic E-state index is 0.0667. The molecule has 1 fully saturated rings. The van der Waals surface area contributed by atoms with Crippen LogP contribution in [0.1, 0.15) is 10.6 Å². The van der Waals surface area contributed by atoms with Crippen molar-refractivity contribution in [3.8, 4) is 0 Å². The number of nitrogens with zero attached hydrogens (tertiary/aromatic N) is 4. The van der Waals surface area contributed by atoms with Crippen LogP contribution >= 0.6 is 0 Å². The van der Waals surface area contributed by atoms with E-state index in [2.05, 4.69) is 4.98 Å². The molecule has 1 aromatic carbocycles. The van der Waals surface area contributed by atoms with Crippen LogP contribution in [-0.4, -0.2) is 57.3 Å². The van der Waals surface area contributed by atoms with Gasteiger partial charge in [-0.25, -0.2) is 4.98 Å². The van der Waals surface area contributed by atoms with E-state index in [9.17, 15) is 14.4 Å². The Balaban J connectivity index is 1.41. The van der Waals surface area contributed by atoms with Crippen molar-refractivity contribution in [3.05, 3.63) is 65.1 Å². The van der Waals surface area contributed by atoms with Gasteiger partial charge in [0.1, 0.15) is 6.54 Å². The minimum Gasteiger partial charge on any atom is -0.459 e. The van der Waals surface area contributed by atoms with E-state index in [4.69, 9.17) is 4.42 Å². The van der Waals surface area contributed by atoms with Gasteiger partial charge in [-0.3, -0.25) is 19.0 Å². The van der Waals surface area contributed by atoms with Crippen LogP contribution in [0.3, 0.4) is 0 Å². The summed E-state index contributed by atoms with van der Waals surface area (Å²) in [6, 6.07) is 10.3. The number of hydrogen-bond acceptors (Lipinski definition) is 5. The van der Waals surface area contributed by atoms with Gasteiger partial charge < -0.3 is 14.2 Å². The predicted molar refractivity (Wildman–Crippen MR) is 97.2 cm³/mol. The Morgan fingerprint density at radius 2 is 1.74 bits per heavy atom. The molecule has 0 spiro atoms. The van der Waals surface area contributed by atoms with Crippen molar-refractivity contribution in [1.29, 1.82) is 0 Å². The molecule has 2 aromatic heterocycles. The molecule has 138 valence electrons. The highest BCUT2D eigenvalue weighted by molar-refractivity contribution is 5.91. The van der Waals surface area contributed by atoms with Gasteiger partial charge in [-0.2, -0.15) is 0 Å². The summed E-state index contributed by atoms with van der Waals surface area (Å²) >= 11 is 0. The molecule has 27 heavy (non-hydrogen) atoms. The van der Waals surface area contributed by atoms with Crippen LogP contribution in [0.4, 0.5) is 0 Å². The fraction of sp³-hybridized carbons (Fsp3) is 0.263. The number of benzene rings is 1. The highest BCUT2D eigenvalue weighted by Gasteiger charge is 2.26. The molecule has 0 aliphatic carbocycles. The number of carbonyl (C=O) groups is 2. The summed E-state index contributed by atoms with van der Waals surface area (Å²) in [6.45, 7) is 1.62. The van der Waals surface area contributed by atoms with Gasteiger partial charge in [-0.1, -0.05) is 12.1 Å². The SMILES string of the molecule is O=C(Cn1cnc2ccccc2c1=O)N1CCN(C(=O)c2ccco2)CC1. The number of hydrogen-bond donors (Lipinski definition) is 0. The van der Waals surface area contributed by atoms with Crippen LogP contribution in [0.5, 0.6) is 0 Å². The van der Waals surface area contributed by atoms with E-state index in [-0.39, 0.29) is 23.9 Å². The first-order chi connectivity index (χ1) is 13.1. The topological polar surface area (TPSA) is 88.7 Å². The summed E-state index contributed by atoms with van der Waals surface area (Å²) in [4.78, 5) is 44.9. The van der Waals surface area contributed by atoms with Crippen molar-refractivity contribution >= 4 is 22.7 Å². The summed E-state index contributed by atoms with van der Waals surface area (Å²) < 4.78 is 6.46. The summed E-state index contributed by atoms with van der Waals surface area (Å²) in [5.74, 6) is -0.0510. The summed E-state index contributed by atoms with van der Waals surface area (Å²) in [5.41, 5.74) is 0.372. The van der Waals surface area contributed by atoms with E-state index in [0.717, 1.165) is 0 Å². The molecule has 8 heteroatoms. The van der Waals surface area contributed by atoms with E-state index in [1.165, 1.54) is 17.2 Å². The molecule has 0 saturated carbocycles. The van der Waals surface area contributed by atoms with Crippen LogP contribution < -0.4 is 5.56 Å². The molecule has 0 unspecified atom stereocenters. The smallest absolute Gasteiger partial charge is 0.289 e. The molecule has 4 rings (SSSR count). The molecular weight excluding hydrogens is 348 g/mol. The second-order valence-corrected chi connectivity index (χ2v) is 6.35. The number of furan rings is 1. The molecular formula is C19H18N4O4. The largest absolute Gasteiger partial charge is 0.459 e. The number of para-hydroxylation sites is 1. The highest BCUT2D eigenvalue weighted by Crippen LogP contribution is 2.10. The van der Waals surface area contributed by atoms with Gasteiger partial charge in [0, 0.05) is 26.2 Å². The zero-order valence-corrected chi connectivity index (χ0v) is 14.6. The van der Waals surface area contributed by atoms with E-state index in [1.54, 1.807) is 40.1 Å². The maximum atomic E-state index is 12.6. The molecule has 1 aliphatic rings. The Bertz CT molecular complexity index is 1030. The molecule has 8 nitrogen and oxygen atoms in total. The summed E-state index contributed by atoms with van der Waals surface area (Å²) in [6.07, 6.45) is 2.86. The molecule has 0 radical (unpaired) electrons. The molecule has 3 aromatic rings. The average Bonchev–Trinajstić information content (AvgIpc) is 3.25.